The Balaban J connectivity index is 1.31. The van der Waals surface area contributed by atoms with Gasteiger partial charge in [0.2, 0.25) is 0 Å². The topological polar surface area (TPSA) is 82.1 Å². The first-order valence-electron chi connectivity index (χ1n) is 13.6. The molecule has 33 heavy (non-hydrogen) atoms. The lowest BCUT2D eigenvalue weighted by molar-refractivity contribution is -0.162. The van der Waals surface area contributed by atoms with Crippen molar-refractivity contribution in [1.82, 2.24) is 9.78 Å². The van der Waals surface area contributed by atoms with Crippen LogP contribution in [0, 0.1) is 52.3 Å². The number of aromatic nitrogens is 2. The molecule has 0 aliphatic heterocycles. The van der Waals surface area contributed by atoms with Crippen LogP contribution in [0.25, 0.3) is 0 Å². The van der Waals surface area contributed by atoms with E-state index in [1.807, 2.05) is 4.68 Å². The zero-order valence-corrected chi connectivity index (χ0v) is 20.8. The Bertz CT molecular complexity index is 907. The van der Waals surface area contributed by atoms with Crippen LogP contribution in [0.5, 0.6) is 0 Å². The minimum atomic E-state index is -0.674. The van der Waals surface area contributed by atoms with E-state index in [0.29, 0.717) is 23.9 Å². The number of nitrogens with zero attached hydrogens (tertiary/aromatic N) is 3. The van der Waals surface area contributed by atoms with Crippen molar-refractivity contribution in [3.63, 3.8) is 0 Å². The Hall–Kier alpha value is -1.38. The highest BCUT2D eigenvalue weighted by Gasteiger charge is 2.64. The van der Waals surface area contributed by atoms with Crippen molar-refractivity contribution in [2.24, 2.45) is 40.9 Å². The maximum atomic E-state index is 12.2. The van der Waals surface area contributed by atoms with Crippen LogP contribution in [-0.2, 0) is 6.54 Å². The van der Waals surface area contributed by atoms with Crippen LogP contribution < -0.4 is 0 Å². The summed E-state index contributed by atoms with van der Waals surface area (Å²) < 4.78 is 1.84. The summed E-state index contributed by atoms with van der Waals surface area (Å²) in [7, 11) is 0. The highest BCUT2D eigenvalue weighted by Crippen LogP contribution is 2.67. The van der Waals surface area contributed by atoms with Crippen LogP contribution in [0.3, 0.4) is 0 Å². The van der Waals surface area contributed by atoms with E-state index in [-0.39, 0.29) is 11.3 Å². The van der Waals surface area contributed by atoms with Gasteiger partial charge in [-0.1, -0.05) is 27.2 Å². The van der Waals surface area contributed by atoms with Crippen LogP contribution >= 0.6 is 0 Å². The zero-order valence-electron chi connectivity index (χ0n) is 20.8. The lowest BCUT2D eigenvalue weighted by Crippen LogP contribution is -2.57. The van der Waals surface area contributed by atoms with Gasteiger partial charge in [-0.2, -0.15) is 10.4 Å². The second-order valence-electron chi connectivity index (χ2n) is 12.5. The molecule has 1 heterocycles. The molecule has 5 rings (SSSR count). The zero-order chi connectivity index (χ0) is 23.4. The lowest BCUT2D eigenvalue weighted by Gasteiger charge is -2.59. The van der Waals surface area contributed by atoms with E-state index >= 15 is 0 Å². The predicted octanol–water partition coefficient (Wildman–Crippen LogP) is 5.31. The van der Waals surface area contributed by atoms with Crippen LogP contribution in [0.1, 0.15) is 97.0 Å². The van der Waals surface area contributed by atoms with E-state index in [0.717, 1.165) is 62.7 Å². The van der Waals surface area contributed by atoms with Crippen LogP contribution in [0.4, 0.5) is 0 Å². The molecule has 4 aliphatic rings. The maximum Gasteiger partial charge on any atom is 0.102 e. The number of nitriles is 1. The van der Waals surface area contributed by atoms with Crippen LogP contribution in [0.2, 0.25) is 0 Å². The molecule has 5 nitrogen and oxygen atoms in total. The van der Waals surface area contributed by atoms with Crippen LogP contribution in [0.15, 0.2) is 12.4 Å². The number of aliphatic hydroxyl groups is 2. The highest BCUT2D eigenvalue weighted by atomic mass is 16.3. The molecule has 0 bridgehead atoms. The fourth-order valence-corrected chi connectivity index (χ4v) is 9.47. The summed E-state index contributed by atoms with van der Waals surface area (Å²) >= 11 is 0. The average Bonchev–Trinajstić information content (AvgIpc) is 3.35. The molecular formula is C28H43N3O2. The minimum absolute atomic E-state index is 0.0384. The van der Waals surface area contributed by atoms with E-state index in [2.05, 4.69) is 31.9 Å². The summed E-state index contributed by atoms with van der Waals surface area (Å²) in [5, 5.41) is 36.7. The summed E-state index contributed by atoms with van der Waals surface area (Å²) in [4.78, 5) is 0. The molecule has 0 saturated heterocycles. The number of hydrogen-bond acceptors (Lipinski definition) is 4. The van der Waals surface area contributed by atoms with Crippen LogP contribution in [-0.4, -0.2) is 31.2 Å². The van der Waals surface area contributed by atoms with Gasteiger partial charge in [0.1, 0.15) is 6.07 Å². The third kappa shape index (κ3) is 3.67. The molecule has 0 amide bonds. The van der Waals surface area contributed by atoms with Crippen molar-refractivity contribution in [3.05, 3.63) is 18.0 Å². The fourth-order valence-electron chi connectivity index (χ4n) is 9.47. The summed E-state index contributed by atoms with van der Waals surface area (Å²) in [5.74, 6) is 3.71. The van der Waals surface area contributed by atoms with Gasteiger partial charge in [0.15, 0.2) is 0 Å². The Morgan fingerprint density at radius 2 is 1.91 bits per heavy atom. The molecule has 1 aromatic rings. The third-order valence-corrected chi connectivity index (χ3v) is 11.1. The second-order valence-corrected chi connectivity index (χ2v) is 12.5. The Kier molecular flexibility index (Phi) is 5.93. The van der Waals surface area contributed by atoms with Gasteiger partial charge in [-0.25, -0.2) is 0 Å². The van der Waals surface area contributed by atoms with E-state index < -0.39 is 11.2 Å². The van der Waals surface area contributed by atoms with E-state index in [4.69, 9.17) is 5.26 Å². The van der Waals surface area contributed by atoms with Crippen molar-refractivity contribution < 1.29 is 10.2 Å². The van der Waals surface area contributed by atoms with Gasteiger partial charge in [-0.3, -0.25) is 4.68 Å². The number of rotatable bonds is 5. The van der Waals surface area contributed by atoms with Gasteiger partial charge in [0.05, 0.1) is 23.0 Å². The van der Waals surface area contributed by atoms with Gasteiger partial charge in [-0.15, -0.1) is 0 Å². The van der Waals surface area contributed by atoms with Crippen molar-refractivity contribution in [3.8, 4) is 6.07 Å². The SMILES string of the molecule is CCC[C@@]1(O)CC[C@H]2[C@H](CC[C@@H]3[C@@H]2CC[C@@]2(C)[C@H]3CC[C@]2(O)C(C)Cn2cc(C#N)cn2)C1. The summed E-state index contributed by atoms with van der Waals surface area (Å²) in [6.07, 6.45) is 15.6. The predicted molar refractivity (Wildman–Crippen MR) is 128 cm³/mol. The standard InChI is InChI=1S/C28H43N3O2/c1-4-10-27(32)12-8-22-21(14-27)5-6-24-23(22)7-11-26(3)25(24)9-13-28(26,33)19(2)17-31-18-20(15-29)16-30-31/h16,18-19,21-25,32-33H,4-14,17H2,1-3H3/t19?,21-,22+,23-,24-,25+,26+,27-,28+/m1/s1. The lowest BCUT2D eigenvalue weighted by atomic mass is 9.47. The molecule has 0 spiro atoms. The number of hydrogen-bond donors (Lipinski definition) is 2. The fraction of sp³-hybridized carbons (Fsp3) is 0.857. The highest BCUT2D eigenvalue weighted by molar-refractivity contribution is 5.22. The largest absolute Gasteiger partial charge is 0.390 e. The molecule has 1 unspecified atom stereocenters. The van der Waals surface area contributed by atoms with Gasteiger partial charge in [0.25, 0.3) is 0 Å². The monoisotopic (exact) mass is 453 g/mol. The molecule has 9 atom stereocenters. The Labute approximate surface area is 199 Å². The molecule has 4 aliphatic carbocycles. The van der Waals surface area contributed by atoms with Crippen molar-refractivity contribution in [2.45, 2.75) is 109 Å². The third-order valence-electron chi connectivity index (χ3n) is 11.1. The van der Waals surface area contributed by atoms with Crippen molar-refractivity contribution in [1.29, 1.82) is 5.26 Å². The van der Waals surface area contributed by atoms with Gasteiger partial charge < -0.3 is 10.2 Å². The molecule has 4 fully saturated rings. The molecule has 0 radical (unpaired) electrons. The first-order chi connectivity index (χ1) is 15.7. The van der Waals surface area contributed by atoms with Crippen molar-refractivity contribution in [2.75, 3.05) is 0 Å². The molecule has 4 saturated carbocycles. The summed E-state index contributed by atoms with van der Waals surface area (Å²) in [6, 6.07) is 2.16. The first-order valence-corrected chi connectivity index (χ1v) is 13.6. The maximum absolute atomic E-state index is 12.2. The van der Waals surface area contributed by atoms with Gasteiger partial charge in [0, 0.05) is 18.7 Å². The minimum Gasteiger partial charge on any atom is -0.390 e. The smallest absolute Gasteiger partial charge is 0.102 e. The molecule has 0 aromatic carbocycles. The summed E-state index contributed by atoms with van der Waals surface area (Å²) in [6.45, 7) is 7.42. The quantitative estimate of drug-likeness (QED) is 0.633. The molecule has 1 aromatic heterocycles. The molecular weight excluding hydrogens is 410 g/mol. The molecule has 182 valence electrons. The van der Waals surface area contributed by atoms with Gasteiger partial charge >= 0.3 is 0 Å². The first kappa shape index (κ1) is 23.4. The Morgan fingerprint density at radius 3 is 2.64 bits per heavy atom. The second kappa shape index (κ2) is 8.38. The Morgan fingerprint density at radius 1 is 1.12 bits per heavy atom. The van der Waals surface area contributed by atoms with Gasteiger partial charge in [-0.05, 0) is 99.2 Å². The normalized spacial score (nSPS) is 45.5. The average molecular weight is 454 g/mol. The van der Waals surface area contributed by atoms with E-state index in [1.165, 1.54) is 25.7 Å². The number of fused-ring (bicyclic) bond motifs is 5. The van der Waals surface area contributed by atoms with E-state index in [9.17, 15) is 10.2 Å². The molecule has 5 heteroatoms. The van der Waals surface area contributed by atoms with E-state index in [1.54, 1.807) is 12.4 Å². The van der Waals surface area contributed by atoms with Crippen molar-refractivity contribution >= 4 is 0 Å². The molecule has 2 N–H and O–H groups in total. The summed E-state index contributed by atoms with van der Waals surface area (Å²) in [5.41, 5.74) is -0.539.